The molecule has 18 heavy (non-hydrogen) atoms. The van der Waals surface area contributed by atoms with Crippen molar-refractivity contribution < 1.29 is 0 Å². The summed E-state index contributed by atoms with van der Waals surface area (Å²) < 4.78 is 0. The summed E-state index contributed by atoms with van der Waals surface area (Å²) >= 11 is 0. The largest absolute Gasteiger partial charge is 0.312 e. The molecular formula is C16H32N2. The maximum absolute atomic E-state index is 3.80. The number of likely N-dealkylation sites (N-methyl/N-ethyl adjacent to an activating group) is 1. The molecule has 0 radical (unpaired) electrons. The van der Waals surface area contributed by atoms with Gasteiger partial charge in [0, 0.05) is 25.7 Å². The van der Waals surface area contributed by atoms with Crippen LogP contribution in [0, 0.1) is 11.8 Å². The molecule has 0 saturated heterocycles. The molecule has 2 aliphatic rings. The molecule has 0 aromatic carbocycles. The van der Waals surface area contributed by atoms with E-state index in [2.05, 4.69) is 24.1 Å². The second-order valence-corrected chi connectivity index (χ2v) is 6.51. The normalized spacial score (nSPS) is 29.5. The summed E-state index contributed by atoms with van der Waals surface area (Å²) in [5, 5.41) is 3.80. The van der Waals surface area contributed by atoms with E-state index in [9.17, 15) is 0 Å². The van der Waals surface area contributed by atoms with Gasteiger partial charge in [0.15, 0.2) is 0 Å². The van der Waals surface area contributed by atoms with Crippen LogP contribution >= 0.6 is 0 Å². The van der Waals surface area contributed by atoms with Crippen LogP contribution in [0.1, 0.15) is 58.8 Å². The highest BCUT2D eigenvalue weighted by Gasteiger charge is 2.22. The Kier molecular flexibility index (Phi) is 5.97. The summed E-state index contributed by atoms with van der Waals surface area (Å²) in [5.74, 6) is 1.90. The molecule has 0 bridgehead atoms. The van der Waals surface area contributed by atoms with Crippen LogP contribution in [0.15, 0.2) is 0 Å². The van der Waals surface area contributed by atoms with E-state index in [1.54, 1.807) is 0 Å². The summed E-state index contributed by atoms with van der Waals surface area (Å²) in [6.45, 7) is 9.73. The van der Waals surface area contributed by atoms with Crippen molar-refractivity contribution in [3.05, 3.63) is 0 Å². The van der Waals surface area contributed by atoms with Crippen molar-refractivity contribution in [3.63, 3.8) is 0 Å². The molecule has 2 heteroatoms. The van der Waals surface area contributed by atoms with Gasteiger partial charge in [-0.25, -0.2) is 0 Å². The van der Waals surface area contributed by atoms with E-state index < -0.39 is 0 Å². The lowest BCUT2D eigenvalue weighted by Crippen LogP contribution is -2.43. The van der Waals surface area contributed by atoms with Crippen molar-refractivity contribution in [3.8, 4) is 0 Å². The summed E-state index contributed by atoms with van der Waals surface area (Å²) in [4.78, 5) is 2.64. The van der Waals surface area contributed by atoms with E-state index >= 15 is 0 Å². The van der Waals surface area contributed by atoms with E-state index in [0.29, 0.717) is 0 Å². The fourth-order valence-electron chi connectivity index (χ4n) is 3.45. The zero-order valence-corrected chi connectivity index (χ0v) is 12.5. The maximum Gasteiger partial charge on any atom is 0.0107 e. The third-order valence-electron chi connectivity index (χ3n) is 5.13. The number of nitrogens with one attached hydrogen (secondary N) is 1. The smallest absolute Gasteiger partial charge is 0.0107 e. The van der Waals surface area contributed by atoms with Crippen LogP contribution in [0.2, 0.25) is 0 Å². The molecule has 2 nitrogen and oxygen atoms in total. The van der Waals surface area contributed by atoms with Crippen LogP contribution in [0.4, 0.5) is 0 Å². The van der Waals surface area contributed by atoms with Crippen LogP contribution in [0.25, 0.3) is 0 Å². The average molecular weight is 252 g/mol. The summed E-state index contributed by atoms with van der Waals surface area (Å²) in [5.41, 5.74) is 0. The number of hydrogen-bond donors (Lipinski definition) is 1. The average Bonchev–Trinajstić information content (AvgIpc) is 2.33. The molecular weight excluding hydrogens is 220 g/mol. The van der Waals surface area contributed by atoms with E-state index in [1.807, 2.05) is 0 Å². The molecule has 2 atom stereocenters. The summed E-state index contributed by atoms with van der Waals surface area (Å²) in [6.07, 6.45) is 10.1. The molecule has 2 unspecified atom stereocenters. The van der Waals surface area contributed by atoms with Crippen molar-refractivity contribution >= 4 is 0 Å². The summed E-state index contributed by atoms with van der Waals surface area (Å²) in [7, 11) is 0. The Morgan fingerprint density at radius 3 is 2.44 bits per heavy atom. The van der Waals surface area contributed by atoms with Gasteiger partial charge in [-0.3, -0.25) is 0 Å². The zero-order valence-electron chi connectivity index (χ0n) is 12.5. The fraction of sp³-hybridized carbons (Fsp3) is 1.00. The van der Waals surface area contributed by atoms with Crippen molar-refractivity contribution in [2.24, 2.45) is 11.8 Å². The predicted octanol–water partition coefficient (Wildman–Crippen LogP) is 3.28. The van der Waals surface area contributed by atoms with Gasteiger partial charge < -0.3 is 10.2 Å². The van der Waals surface area contributed by atoms with Crippen LogP contribution in [0.5, 0.6) is 0 Å². The molecule has 0 heterocycles. The SMILES string of the molecule is CCN(CCNC1CCCCC1C)CC1CCC1. The minimum atomic E-state index is 0.793. The highest BCUT2D eigenvalue weighted by atomic mass is 15.1. The molecule has 106 valence electrons. The molecule has 0 aliphatic heterocycles. The third-order valence-corrected chi connectivity index (χ3v) is 5.13. The van der Waals surface area contributed by atoms with Crippen molar-refractivity contribution in [2.75, 3.05) is 26.2 Å². The van der Waals surface area contributed by atoms with Gasteiger partial charge >= 0.3 is 0 Å². The van der Waals surface area contributed by atoms with Crippen LogP contribution in [-0.4, -0.2) is 37.1 Å². The van der Waals surface area contributed by atoms with Gasteiger partial charge in [-0.05, 0) is 44.1 Å². The Hall–Kier alpha value is -0.0800. The molecule has 0 aromatic heterocycles. The first-order chi connectivity index (χ1) is 8.79. The van der Waals surface area contributed by atoms with Gasteiger partial charge in [0.05, 0.1) is 0 Å². The first kappa shape index (κ1) is 14.3. The van der Waals surface area contributed by atoms with E-state index in [4.69, 9.17) is 0 Å². The Labute approximate surface area is 114 Å². The van der Waals surface area contributed by atoms with E-state index in [1.165, 1.54) is 71.1 Å². The Balaban J connectivity index is 1.60. The van der Waals surface area contributed by atoms with Gasteiger partial charge in [-0.1, -0.05) is 33.1 Å². The van der Waals surface area contributed by atoms with Crippen LogP contribution in [-0.2, 0) is 0 Å². The Morgan fingerprint density at radius 2 is 1.83 bits per heavy atom. The van der Waals surface area contributed by atoms with Gasteiger partial charge in [-0.15, -0.1) is 0 Å². The topological polar surface area (TPSA) is 15.3 Å². The molecule has 2 aliphatic carbocycles. The Morgan fingerprint density at radius 1 is 1.06 bits per heavy atom. The van der Waals surface area contributed by atoms with Crippen molar-refractivity contribution in [1.29, 1.82) is 0 Å². The third kappa shape index (κ3) is 4.24. The highest BCUT2D eigenvalue weighted by Crippen LogP contribution is 2.27. The standard InChI is InChI=1S/C16H32N2/c1-3-18(13-15-8-6-9-15)12-11-17-16-10-5-4-7-14(16)2/h14-17H,3-13H2,1-2H3. The zero-order chi connectivity index (χ0) is 12.8. The lowest BCUT2D eigenvalue weighted by molar-refractivity contribution is 0.178. The number of hydrogen-bond acceptors (Lipinski definition) is 2. The maximum atomic E-state index is 3.80. The second-order valence-electron chi connectivity index (χ2n) is 6.51. The fourth-order valence-corrected chi connectivity index (χ4v) is 3.45. The quantitative estimate of drug-likeness (QED) is 0.748. The van der Waals surface area contributed by atoms with E-state index in [0.717, 1.165) is 17.9 Å². The van der Waals surface area contributed by atoms with Gasteiger partial charge in [0.1, 0.15) is 0 Å². The molecule has 0 spiro atoms. The van der Waals surface area contributed by atoms with Gasteiger partial charge in [0.25, 0.3) is 0 Å². The van der Waals surface area contributed by atoms with Crippen molar-refractivity contribution in [2.45, 2.75) is 64.8 Å². The summed E-state index contributed by atoms with van der Waals surface area (Å²) in [6, 6.07) is 0.793. The van der Waals surface area contributed by atoms with Crippen LogP contribution in [0.3, 0.4) is 0 Å². The monoisotopic (exact) mass is 252 g/mol. The van der Waals surface area contributed by atoms with Crippen molar-refractivity contribution in [1.82, 2.24) is 10.2 Å². The Bertz CT molecular complexity index is 225. The number of rotatable bonds is 7. The van der Waals surface area contributed by atoms with Crippen LogP contribution < -0.4 is 5.32 Å². The lowest BCUT2D eigenvalue weighted by atomic mass is 9.85. The first-order valence-corrected chi connectivity index (χ1v) is 8.25. The molecule has 0 amide bonds. The predicted molar refractivity (Wildman–Crippen MR) is 78.9 cm³/mol. The van der Waals surface area contributed by atoms with Gasteiger partial charge in [-0.2, -0.15) is 0 Å². The van der Waals surface area contributed by atoms with E-state index in [-0.39, 0.29) is 0 Å². The van der Waals surface area contributed by atoms with Gasteiger partial charge in [0.2, 0.25) is 0 Å². The minimum Gasteiger partial charge on any atom is -0.312 e. The first-order valence-electron chi connectivity index (χ1n) is 8.25. The lowest BCUT2D eigenvalue weighted by Gasteiger charge is -2.33. The number of nitrogens with zero attached hydrogens (tertiary/aromatic N) is 1. The molecule has 2 fully saturated rings. The molecule has 0 aromatic rings. The molecule has 1 N–H and O–H groups in total. The second kappa shape index (κ2) is 7.49. The molecule has 2 saturated carbocycles. The molecule has 2 rings (SSSR count). The highest BCUT2D eigenvalue weighted by molar-refractivity contribution is 4.79. The minimum absolute atomic E-state index is 0.793.